The van der Waals surface area contributed by atoms with Crippen LogP contribution < -0.4 is 10.6 Å². The Hall–Kier alpha value is -5.02. The highest BCUT2D eigenvalue weighted by Gasteiger charge is 2.34. The molecule has 1 atom stereocenters. The molecule has 4 aromatic carbocycles. The number of nitrogens with zero attached hydrogens (tertiary/aromatic N) is 2. The van der Waals surface area contributed by atoms with E-state index in [9.17, 15) is 19.2 Å². The minimum Gasteiger partial charge on any atom is -0.449 e. The van der Waals surface area contributed by atoms with Gasteiger partial charge in [-0.25, -0.2) is 4.79 Å². The molecule has 43 heavy (non-hydrogen) atoms. The van der Waals surface area contributed by atoms with Gasteiger partial charge in [0.05, 0.1) is 0 Å². The number of benzene rings is 4. The second-order valence-electron chi connectivity index (χ2n) is 11.1. The van der Waals surface area contributed by atoms with E-state index in [-0.39, 0.29) is 30.9 Å². The molecule has 0 aromatic heterocycles. The lowest BCUT2D eigenvalue weighted by Gasteiger charge is -2.28. The van der Waals surface area contributed by atoms with Crippen molar-refractivity contribution in [3.8, 4) is 11.1 Å². The number of alkyl carbamates (subject to hydrolysis) is 1. The van der Waals surface area contributed by atoms with E-state index < -0.39 is 18.0 Å². The highest BCUT2D eigenvalue weighted by Crippen LogP contribution is 2.44. The molecule has 6 rings (SSSR count). The molecule has 0 fully saturated rings. The topological polar surface area (TPSA) is 108 Å². The van der Waals surface area contributed by atoms with Gasteiger partial charge in [0.1, 0.15) is 12.6 Å². The predicted octanol–water partition coefficient (Wildman–Crippen LogP) is 4.86. The van der Waals surface area contributed by atoms with Crippen LogP contribution in [0.1, 0.15) is 44.7 Å². The SMILES string of the molecule is CC(NC(=O)OCC1c2ccccc2-c2ccccc21)C(=O)Nc1ccc2c3c(cccc13)C(=O)N(CCN(C)C)C2=O. The zero-order valence-corrected chi connectivity index (χ0v) is 24.2. The van der Waals surface area contributed by atoms with Gasteiger partial charge < -0.3 is 20.3 Å². The van der Waals surface area contributed by atoms with Crippen LogP contribution in [0.3, 0.4) is 0 Å². The number of anilines is 1. The number of nitrogens with one attached hydrogen (secondary N) is 2. The molecule has 1 aliphatic carbocycles. The van der Waals surface area contributed by atoms with Gasteiger partial charge >= 0.3 is 6.09 Å². The maximum atomic E-state index is 13.2. The number of amides is 4. The van der Waals surface area contributed by atoms with Gasteiger partial charge in [-0.05, 0) is 61.5 Å². The zero-order valence-electron chi connectivity index (χ0n) is 24.2. The Morgan fingerprint density at radius 1 is 0.837 bits per heavy atom. The van der Waals surface area contributed by atoms with Crippen LogP contribution in [0.4, 0.5) is 10.5 Å². The van der Waals surface area contributed by atoms with Crippen LogP contribution in [0.25, 0.3) is 21.9 Å². The quantitative estimate of drug-likeness (QED) is 0.290. The molecule has 9 nitrogen and oxygen atoms in total. The van der Waals surface area contributed by atoms with Crippen LogP contribution in [0.5, 0.6) is 0 Å². The summed E-state index contributed by atoms with van der Waals surface area (Å²) in [5.74, 6) is -1.28. The highest BCUT2D eigenvalue weighted by molar-refractivity contribution is 6.27. The molecule has 1 aliphatic heterocycles. The van der Waals surface area contributed by atoms with Gasteiger partial charge in [0, 0.05) is 46.6 Å². The predicted molar refractivity (Wildman–Crippen MR) is 164 cm³/mol. The summed E-state index contributed by atoms with van der Waals surface area (Å²) in [5.41, 5.74) is 5.72. The lowest BCUT2D eigenvalue weighted by molar-refractivity contribution is -0.117. The number of ether oxygens (including phenoxy) is 1. The third-order valence-electron chi connectivity index (χ3n) is 8.09. The summed E-state index contributed by atoms with van der Waals surface area (Å²) in [6, 6.07) is 23.7. The summed E-state index contributed by atoms with van der Waals surface area (Å²) in [5, 5.41) is 6.54. The average Bonchev–Trinajstić information content (AvgIpc) is 3.32. The monoisotopic (exact) mass is 576 g/mol. The van der Waals surface area contributed by atoms with Crippen LogP contribution in [0, 0.1) is 0 Å². The van der Waals surface area contributed by atoms with Crippen molar-refractivity contribution >= 4 is 40.3 Å². The maximum Gasteiger partial charge on any atom is 0.407 e. The molecule has 0 radical (unpaired) electrons. The van der Waals surface area contributed by atoms with Crippen LogP contribution >= 0.6 is 0 Å². The molecule has 1 unspecified atom stereocenters. The molecule has 0 saturated heterocycles. The largest absolute Gasteiger partial charge is 0.449 e. The lowest BCUT2D eigenvalue weighted by Crippen LogP contribution is -2.44. The number of fused-ring (bicyclic) bond motifs is 3. The number of rotatable bonds is 8. The summed E-state index contributed by atoms with van der Waals surface area (Å²) >= 11 is 0. The molecule has 4 amide bonds. The molecular weight excluding hydrogens is 544 g/mol. The van der Waals surface area contributed by atoms with E-state index in [1.165, 1.54) is 4.90 Å². The van der Waals surface area contributed by atoms with Crippen LogP contribution in [-0.4, -0.2) is 73.4 Å². The Kier molecular flexibility index (Phi) is 7.41. The van der Waals surface area contributed by atoms with Crippen molar-refractivity contribution < 1.29 is 23.9 Å². The molecule has 1 heterocycles. The first-order chi connectivity index (χ1) is 20.7. The van der Waals surface area contributed by atoms with Gasteiger partial charge in [0.25, 0.3) is 11.8 Å². The van der Waals surface area contributed by atoms with E-state index in [4.69, 9.17) is 4.74 Å². The van der Waals surface area contributed by atoms with E-state index in [0.717, 1.165) is 22.3 Å². The fourth-order valence-electron chi connectivity index (χ4n) is 5.88. The Labute approximate surface area is 249 Å². The molecule has 4 aromatic rings. The fourth-order valence-corrected chi connectivity index (χ4v) is 5.88. The second kappa shape index (κ2) is 11.3. The molecule has 0 saturated carbocycles. The van der Waals surface area contributed by atoms with E-state index in [0.29, 0.717) is 34.1 Å². The van der Waals surface area contributed by atoms with Crippen LogP contribution in [-0.2, 0) is 9.53 Å². The number of hydrogen-bond acceptors (Lipinski definition) is 6. The molecular formula is C34H32N4O5. The molecule has 2 N–H and O–H groups in total. The van der Waals surface area contributed by atoms with E-state index in [2.05, 4.69) is 22.8 Å². The highest BCUT2D eigenvalue weighted by atomic mass is 16.5. The van der Waals surface area contributed by atoms with Crippen LogP contribution in [0.2, 0.25) is 0 Å². The third kappa shape index (κ3) is 5.12. The van der Waals surface area contributed by atoms with Gasteiger partial charge in [-0.2, -0.15) is 0 Å². The average molecular weight is 577 g/mol. The van der Waals surface area contributed by atoms with Gasteiger partial charge in [-0.15, -0.1) is 0 Å². The van der Waals surface area contributed by atoms with Gasteiger partial charge in [-0.1, -0.05) is 60.7 Å². The summed E-state index contributed by atoms with van der Waals surface area (Å²) in [6.45, 7) is 2.53. The van der Waals surface area contributed by atoms with Crippen molar-refractivity contribution in [2.24, 2.45) is 0 Å². The smallest absolute Gasteiger partial charge is 0.407 e. The normalized spacial score (nSPS) is 14.5. The number of carbonyl (C=O) groups excluding carboxylic acids is 4. The Morgan fingerprint density at radius 3 is 2.09 bits per heavy atom. The minimum atomic E-state index is -0.911. The molecule has 2 aliphatic rings. The van der Waals surface area contributed by atoms with Crippen molar-refractivity contribution in [2.75, 3.05) is 39.1 Å². The standard InChI is InChI=1S/C34H32N4O5/c1-20(35-34(42)43-19-28-23-11-6-4-9-21(23)22-10-5-7-12-24(22)28)31(39)36-29-16-15-27-30-25(29)13-8-14-26(30)32(40)38(33(27)41)18-17-37(2)3/h4-16,20,28H,17-19H2,1-3H3,(H,35,42)(H,36,39). The molecule has 9 heteroatoms. The summed E-state index contributed by atoms with van der Waals surface area (Å²) in [4.78, 5) is 55.5. The van der Waals surface area contributed by atoms with Gasteiger partial charge in [-0.3, -0.25) is 19.3 Å². The minimum absolute atomic E-state index is 0.0934. The Morgan fingerprint density at radius 2 is 1.44 bits per heavy atom. The molecule has 0 spiro atoms. The van der Waals surface area contributed by atoms with E-state index in [1.807, 2.05) is 55.4 Å². The van der Waals surface area contributed by atoms with Crippen molar-refractivity contribution in [3.05, 3.63) is 101 Å². The number of likely N-dealkylation sites (N-methyl/N-ethyl adjacent to an activating group) is 1. The number of carbonyl (C=O) groups is 4. The third-order valence-corrected chi connectivity index (χ3v) is 8.09. The van der Waals surface area contributed by atoms with Crippen LogP contribution in [0.15, 0.2) is 78.9 Å². The Balaban J connectivity index is 1.13. The first-order valence-corrected chi connectivity index (χ1v) is 14.2. The first-order valence-electron chi connectivity index (χ1n) is 14.2. The van der Waals surface area contributed by atoms with Gasteiger partial charge in [0.2, 0.25) is 5.91 Å². The number of hydrogen-bond donors (Lipinski definition) is 2. The molecule has 0 bridgehead atoms. The lowest BCUT2D eigenvalue weighted by atomic mass is 9.93. The van der Waals surface area contributed by atoms with E-state index >= 15 is 0 Å². The summed E-state index contributed by atoms with van der Waals surface area (Å²) in [6.07, 6.45) is -0.699. The summed E-state index contributed by atoms with van der Waals surface area (Å²) in [7, 11) is 3.76. The molecule has 218 valence electrons. The second-order valence-corrected chi connectivity index (χ2v) is 11.1. The van der Waals surface area contributed by atoms with Crippen molar-refractivity contribution in [2.45, 2.75) is 18.9 Å². The number of imide groups is 1. The summed E-state index contributed by atoms with van der Waals surface area (Å²) < 4.78 is 5.59. The maximum absolute atomic E-state index is 13.2. The van der Waals surface area contributed by atoms with E-state index in [1.54, 1.807) is 37.3 Å². The van der Waals surface area contributed by atoms with Crippen molar-refractivity contribution in [3.63, 3.8) is 0 Å². The van der Waals surface area contributed by atoms with Crippen molar-refractivity contribution in [1.82, 2.24) is 15.1 Å². The van der Waals surface area contributed by atoms with Crippen molar-refractivity contribution in [1.29, 1.82) is 0 Å². The van der Waals surface area contributed by atoms with Gasteiger partial charge in [0.15, 0.2) is 0 Å². The fraction of sp³-hybridized carbons (Fsp3) is 0.235. The Bertz CT molecular complexity index is 1710. The first kappa shape index (κ1) is 28.1. The zero-order chi connectivity index (χ0) is 30.2.